The quantitative estimate of drug-likeness (QED) is 0.616. The molecule has 1 amide bonds. The van der Waals surface area contributed by atoms with Gasteiger partial charge in [0.25, 0.3) is 0 Å². The molecule has 2 aromatic rings. The van der Waals surface area contributed by atoms with Crippen LogP contribution in [0.4, 0.5) is 4.79 Å². The minimum absolute atomic E-state index is 0.124. The van der Waals surface area contributed by atoms with E-state index in [-0.39, 0.29) is 19.8 Å². The molecule has 0 radical (unpaired) electrons. The third kappa shape index (κ3) is 5.06. The van der Waals surface area contributed by atoms with Crippen molar-refractivity contribution in [3.05, 3.63) is 71.3 Å². The van der Waals surface area contributed by atoms with Crippen molar-refractivity contribution in [3.63, 3.8) is 0 Å². The van der Waals surface area contributed by atoms with Crippen molar-refractivity contribution in [2.75, 3.05) is 6.54 Å². The van der Waals surface area contributed by atoms with Gasteiger partial charge < -0.3 is 25.4 Å². The summed E-state index contributed by atoms with van der Waals surface area (Å²) in [6.07, 6.45) is -3.12. The lowest BCUT2D eigenvalue weighted by atomic mass is 9.99. The van der Waals surface area contributed by atoms with Crippen LogP contribution in [0.2, 0.25) is 0 Å². The van der Waals surface area contributed by atoms with Crippen LogP contribution in [0, 0.1) is 0 Å². The van der Waals surface area contributed by atoms with E-state index in [9.17, 15) is 20.1 Å². The van der Waals surface area contributed by atoms with E-state index in [1.807, 2.05) is 30.3 Å². The van der Waals surface area contributed by atoms with E-state index in [1.54, 1.807) is 24.3 Å². The number of rotatable bonds is 7. The highest BCUT2D eigenvalue weighted by molar-refractivity contribution is 5.67. The number of carbonyl (C=O) groups is 1. The lowest BCUT2D eigenvalue weighted by Crippen LogP contribution is -2.36. The van der Waals surface area contributed by atoms with Crippen molar-refractivity contribution in [1.82, 2.24) is 5.32 Å². The first-order valence-corrected chi connectivity index (χ1v) is 7.61. The third-order valence-corrected chi connectivity index (χ3v) is 3.58. The van der Waals surface area contributed by atoms with E-state index < -0.39 is 18.3 Å². The highest BCUT2D eigenvalue weighted by Crippen LogP contribution is 2.21. The zero-order valence-corrected chi connectivity index (χ0v) is 13.1. The second kappa shape index (κ2) is 9.02. The normalized spacial score (nSPS) is 13.1. The summed E-state index contributed by atoms with van der Waals surface area (Å²) < 4.78 is 5.03. The van der Waals surface area contributed by atoms with Crippen molar-refractivity contribution in [3.8, 4) is 0 Å². The summed E-state index contributed by atoms with van der Waals surface area (Å²) in [5, 5.41) is 31.9. The van der Waals surface area contributed by atoms with E-state index >= 15 is 0 Å². The minimum Gasteiger partial charge on any atom is -0.445 e. The fourth-order valence-electron chi connectivity index (χ4n) is 2.25. The van der Waals surface area contributed by atoms with Crippen LogP contribution in [0.5, 0.6) is 0 Å². The van der Waals surface area contributed by atoms with Crippen LogP contribution in [-0.2, 0) is 18.0 Å². The smallest absolute Gasteiger partial charge is 0.407 e. The van der Waals surface area contributed by atoms with E-state index in [0.717, 1.165) is 5.56 Å². The predicted octanol–water partition coefficient (Wildman–Crippen LogP) is 1.50. The van der Waals surface area contributed by atoms with Crippen LogP contribution in [0.15, 0.2) is 54.6 Å². The van der Waals surface area contributed by atoms with Gasteiger partial charge >= 0.3 is 6.09 Å². The second-order valence-electron chi connectivity index (χ2n) is 5.31. The molecule has 0 spiro atoms. The number of benzene rings is 2. The van der Waals surface area contributed by atoms with Gasteiger partial charge in [0.15, 0.2) is 0 Å². The lowest BCUT2D eigenvalue weighted by molar-refractivity contribution is 0.0173. The van der Waals surface area contributed by atoms with Gasteiger partial charge in [0, 0.05) is 6.54 Å². The summed E-state index contributed by atoms with van der Waals surface area (Å²) in [5.41, 5.74) is 1.80. The van der Waals surface area contributed by atoms with Gasteiger partial charge in [0.2, 0.25) is 0 Å². The zero-order valence-electron chi connectivity index (χ0n) is 13.1. The Kier molecular flexibility index (Phi) is 6.74. The first-order chi connectivity index (χ1) is 11.6. The summed E-state index contributed by atoms with van der Waals surface area (Å²) in [6.45, 7) is -0.292. The molecule has 0 fully saturated rings. The summed E-state index contributed by atoms with van der Waals surface area (Å²) in [7, 11) is 0. The topological polar surface area (TPSA) is 99.0 Å². The number of carbonyl (C=O) groups excluding carboxylic acids is 1. The van der Waals surface area contributed by atoms with Crippen LogP contribution in [-0.4, -0.2) is 34.1 Å². The molecule has 6 nitrogen and oxygen atoms in total. The maximum Gasteiger partial charge on any atom is 0.407 e. The highest BCUT2D eigenvalue weighted by Gasteiger charge is 2.21. The largest absolute Gasteiger partial charge is 0.445 e. The van der Waals surface area contributed by atoms with Gasteiger partial charge in [-0.3, -0.25) is 0 Å². The standard InChI is InChI=1S/C18H21NO5/c20-11-14-8-4-5-9-15(14)17(22)16(21)10-19-18(23)24-12-13-6-2-1-3-7-13/h1-9,16-17,20-22H,10-12H2,(H,19,23). The molecular formula is C18H21NO5. The first kappa shape index (κ1) is 17.9. The van der Waals surface area contributed by atoms with Crippen LogP contribution >= 0.6 is 0 Å². The number of hydrogen-bond acceptors (Lipinski definition) is 5. The molecule has 2 atom stereocenters. The average molecular weight is 331 g/mol. The van der Waals surface area contributed by atoms with Crippen LogP contribution in [0.1, 0.15) is 22.8 Å². The van der Waals surface area contributed by atoms with Gasteiger partial charge in [-0.15, -0.1) is 0 Å². The lowest BCUT2D eigenvalue weighted by Gasteiger charge is -2.20. The molecule has 2 unspecified atom stereocenters. The van der Waals surface area contributed by atoms with E-state index in [4.69, 9.17) is 4.74 Å². The fourth-order valence-corrected chi connectivity index (χ4v) is 2.25. The van der Waals surface area contributed by atoms with Gasteiger partial charge in [-0.25, -0.2) is 4.79 Å². The summed E-state index contributed by atoms with van der Waals surface area (Å²) in [6, 6.07) is 15.9. The Morgan fingerprint density at radius 3 is 2.42 bits per heavy atom. The Labute approximate surface area is 140 Å². The minimum atomic E-state index is -1.22. The van der Waals surface area contributed by atoms with Gasteiger partial charge in [-0.1, -0.05) is 54.6 Å². The van der Waals surface area contributed by atoms with E-state index in [1.165, 1.54) is 0 Å². The van der Waals surface area contributed by atoms with Crippen LogP contribution < -0.4 is 5.32 Å². The number of alkyl carbamates (subject to hydrolysis) is 1. The molecule has 0 aromatic heterocycles. The molecule has 0 aliphatic heterocycles. The number of nitrogens with one attached hydrogen (secondary N) is 1. The van der Waals surface area contributed by atoms with Crippen LogP contribution in [0.3, 0.4) is 0 Å². The fraction of sp³-hybridized carbons (Fsp3) is 0.278. The van der Waals surface area contributed by atoms with Gasteiger partial charge in [0.05, 0.1) is 6.61 Å². The molecule has 0 heterocycles. The Balaban J connectivity index is 1.81. The molecule has 2 rings (SSSR count). The van der Waals surface area contributed by atoms with Crippen molar-refractivity contribution < 1.29 is 24.9 Å². The SMILES string of the molecule is O=C(NCC(O)C(O)c1ccccc1CO)OCc1ccccc1. The third-order valence-electron chi connectivity index (χ3n) is 3.58. The van der Waals surface area contributed by atoms with Crippen molar-refractivity contribution in [1.29, 1.82) is 0 Å². The monoisotopic (exact) mass is 331 g/mol. The van der Waals surface area contributed by atoms with E-state index in [2.05, 4.69) is 5.32 Å². The molecule has 0 aliphatic carbocycles. The number of hydrogen-bond donors (Lipinski definition) is 4. The highest BCUT2D eigenvalue weighted by atomic mass is 16.5. The average Bonchev–Trinajstić information content (AvgIpc) is 2.64. The second-order valence-corrected chi connectivity index (χ2v) is 5.31. The molecule has 4 N–H and O–H groups in total. The van der Waals surface area contributed by atoms with Crippen molar-refractivity contribution >= 4 is 6.09 Å². The van der Waals surface area contributed by atoms with Crippen LogP contribution in [0.25, 0.3) is 0 Å². The molecule has 0 bridgehead atoms. The summed E-state index contributed by atoms with van der Waals surface area (Å²) in [5.74, 6) is 0. The maximum absolute atomic E-state index is 11.6. The molecule has 0 saturated carbocycles. The number of ether oxygens (including phenoxy) is 1. The maximum atomic E-state index is 11.6. The molecule has 0 saturated heterocycles. The van der Waals surface area contributed by atoms with Gasteiger partial charge in [-0.05, 0) is 16.7 Å². The summed E-state index contributed by atoms with van der Waals surface area (Å²) >= 11 is 0. The zero-order chi connectivity index (χ0) is 17.4. The first-order valence-electron chi connectivity index (χ1n) is 7.61. The number of aliphatic hydroxyl groups excluding tert-OH is 3. The Morgan fingerprint density at radius 1 is 1.04 bits per heavy atom. The van der Waals surface area contributed by atoms with Gasteiger partial charge in [0.1, 0.15) is 18.8 Å². The number of aliphatic hydroxyl groups is 3. The molecule has 128 valence electrons. The molecule has 2 aromatic carbocycles. The molecular weight excluding hydrogens is 310 g/mol. The predicted molar refractivity (Wildman–Crippen MR) is 88.0 cm³/mol. The molecule has 24 heavy (non-hydrogen) atoms. The van der Waals surface area contributed by atoms with Gasteiger partial charge in [-0.2, -0.15) is 0 Å². The van der Waals surface area contributed by atoms with Crippen molar-refractivity contribution in [2.24, 2.45) is 0 Å². The Bertz CT molecular complexity index is 647. The van der Waals surface area contributed by atoms with E-state index in [0.29, 0.717) is 11.1 Å². The Morgan fingerprint density at radius 2 is 1.71 bits per heavy atom. The molecule has 0 aliphatic rings. The Hall–Kier alpha value is -2.41. The summed E-state index contributed by atoms with van der Waals surface area (Å²) in [4.78, 5) is 11.6. The molecule has 6 heteroatoms. The number of amides is 1. The van der Waals surface area contributed by atoms with Crippen molar-refractivity contribution in [2.45, 2.75) is 25.4 Å².